The molecule has 1 aromatic carbocycles. The largest absolute Gasteiger partial charge is 0.491 e. The number of aliphatic hydroxyl groups excluding tert-OH is 1. The Morgan fingerprint density at radius 3 is 2.90 bits per heavy atom. The lowest BCUT2D eigenvalue weighted by Gasteiger charge is -2.14. The van der Waals surface area contributed by atoms with Crippen LogP contribution in [0.4, 0.5) is 0 Å². The Labute approximate surface area is 119 Å². The van der Waals surface area contributed by atoms with Gasteiger partial charge in [-0.15, -0.1) is 0 Å². The third kappa shape index (κ3) is 4.40. The molecule has 0 fully saturated rings. The van der Waals surface area contributed by atoms with Crippen molar-refractivity contribution < 1.29 is 14.3 Å². The normalized spacial score (nSPS) is 12.3. The van der Waals surface area contributed by atoms with Gasteiger partial charge >= 0.3 is 0 Å². The Morgan fingerprint density at radius 1 is 1.30 bits per heavy atom. The highest BCUT2D eigenvalue weighted by atomic mass is 16.5. The van der Waals surface area contributed by atoms with Crippen molar-refractivity contribution in [1.29, 1.82) is 0 Å². The Hall–Kier alpha value is -1.78. The first kappa shape index (κ1) is 14.6. The summed E-state index contributed by atoms with van der Waals surface area (Å²) >= 11 is 0. The van der Waals surface area contributed by atoms with Crippen molar-refractivity contribution >= 4 is 0 Å². The van der Waals surface area contributed by atoms with Gasteiger partial charge in [0.1, 0.15) is 24.2 Å². The van der Waals surface area contributed by atoms with Crippen LogP contribution < -0.4 is 10.1 Å². The number of aryl methyl sites for hydroxylation is 2. The average molecular weight is 275 g/mol. The van der Waals surface area contributed by atoms with E-state index in [0.717, 1.165) is 22.6 Å². The number of hydrogen-bond donors (Lipinski definition) is 2. The van der Waals surface area contributed by atoms with E-state index >= 15 is 0 Å². The molecule has 0 aliphatic carbocycles. The van der Waals surface area contributed by atoms with Gasteiger partial charge in [-0.3, -0.25) is 0 Å². The topological polar surface area (TPSA) is 54.6 Å². The van der Waals surface area contributed by atoms with Crippen LogP contribution in [0.1, 0.15) is 16.9 Å². The van der Waals surface area contributed by atoms with Gasteiger partial charge in [0, 0.05) is 6.54 Å². The fourth-order valence-electron chi connectivity index (χ4n) is 1.88. The van der Waals surface area contributed by atoms with Gasteiger partial charge in [0.2, 0.25) is 0 Å². The molecule has 20 heavy (non-hydrogen) atoms. The Morgan fingerprint density at radius 2 is 2.15 bits per heavy atom. The predicted octanol–water partition coefficient (Wildman–Crippen LogP) is 2.43. The molecule has 2 rings (SSSR count). The van der Waals surface area contributed by atoms with Crippen molar-refractivity contribution in [3.05, 3.63) is 53.5 Å². The lowest BCUT2D eigenvalue weighted by Crippen LogP contribution is -2.31. The molecule has 0 radical (unpaired) electrons. The average Bonchev–Trinajstić information content (AvgIpc) is 2.93. The van der Waals surface area contributed by atoms with Crippen LogP contribution in [0.3, 0.4) is 0 Å². The molecular formula is C16H21NO3. The number of ether oxygens (including phenoxy) is 1. The first-order valence-electron chi connectivity index (χ1n) is 6.76. The number of aliphatic hydroxyl groups is 1. The molecule has 0 amide bonds. The molecular weight excluding hydrogens is 254 g/mol. The fraction of sp³-hybridized carbons (Fsp3) is 0.375. The highest BCUT2D eigenvalue weighted by Gasteiger charge is 2.07. The van der Waals surface area contributed by atoms with Crippen LogP contribution in [0, 0.1) is 13.8 Å². The molecule has 0 saturated carbocycles. The molecule has 1 atom stereocenters. The van der Waals surface area contributed by atoms with Gasteiger partial charge in [0.05, 0.1) is 12.8 Å². The maximum absolute atomic E-state index is 9.88. The predicted molar refractivity (Wildman–Crippen MR) is 77.8 cm³/mol. The Bertz CT molecular complexity index is 523. The van der Waals surface area contributed by atoms with Gasteiger partial charge in [-0.2, -0.15) is 0 Å². The molecule has 2 N–H and O–H groups in total. The molecule has 1 heterocycles. The summed E-state index contributed by atoms with van der Waals surface area (Å²) in [4.78, 5) is 0. The minimum absolute atomic E-state index is 0.273. The molecule has 1 aromatic heterocycles. The van der Waals surface area contributed by atoms with E-state index in [9.17, 15) is 5.11 Å². The third-order valence-corrected chi connectivity index (χ3v) is 3.03. The summed E-state index contributed by atoms with van der Waals surface area (Å²) in [5.74, 6) is 1.68. The molecule has 4 heteroatoms. The van der Waals surface area contributed by atoms with Gasteiger partial charge < -0.3 is 19.6 Å². The standard InChI is InChI=1S/C16H21NO3/c1-12-5-6-13(2)16(8-12)20-11-14(18)9-17-10-15-4-3-7-19-15/h3-8,14,17-18H,9-11H2,1-2H3. The van der Waals surface area contributed by atoms with Crippen molar-refractivity contribution in [3.8, 4) is 5.75 Å². The van der Waals surface area contributed by atoms with Crippen LogP contribution in [-0.4, -0.2) is 24.4 Å². The fourth-order valence-corrected chi connectivity index (χ4v) is 1.88. The van der Waals surface area contributed by atoms with Crippen molar-refractivity contribution in [1.82, 2.24) is 5.32 Å². The summed E-state index contributed by atoms with van der Waals surface area (Å²) < 4.78 is 10.9. The smallest absolute Gasteiger partial charge is 0.122 e. The number of furan rings is 1. The second kappa shape index (κ2) is 7.12. The monoisotopic (exact) mass is 275 g/mol. The summed E-state index contributed by atoms with van der Waals surface area (Å²) in [6, 6.07) is 9.79. The summed E-state index contributed by atoms with van der Waals surface area (Å²) in [5.41, 5.74) is 2.22. The van der Waals surface area contributed by atoms with Gasteiger partial charge in [-0.05, 0) is 43.2 Å². The van der Waals surface area contributed by atoms with Gasteiger partial charge in [0.15, 0.2) is 0 Å². The molecule has 0 aliphatic heterocycles. The van der Waals surface area contributed by atoms with E-state index in [1.54, 1.807) is 6.26 Å². The van der Waals surface area contributed by atoms with Gasteiger partial charge in [-0.1, -0.05) is 12.1 Å². The van der Waals surface area contributed by atoms with Crippen molar-refractivity contribution in [3.63, 3.8) is 0 Å². The van der Waals surface area contributed by atoms with E-state index in [-0.39, 0.29) is 6.61 Å². The minimum atomic E-state index is -0.551. The zero-order valence-corrected chi connectivity index (χ0v) is 11.9. The highest BCUT2D eigenvalue weighted by molar-refractivity contribution is 5.35. The summed E-state index contributed by atoms with van der Waals surface area (Å²) in [5, 5.41) is 13.0. The molecule has 0 bridgehead atoms. The molecule has 0 saturated heterocycles. The van der Waals surface area contributed by atoms with Crippen molar-refractivity contribution in [2.24, 2.45) is 0 Å². The van der Waals surface area contributed by atoms with Gasteiger partial charge in [0.25, 0.3) is 0 Å². The first-order valence-corrected chi connectivity index (χ1v) is 6.76. The molecule has 4 nitrogen and oxygen atoms in total. The van der Waals surface area contributed by atoms with Crippen LogP contribution in [0.25, 0.3) is 0 Å². The zero-order chi connectivity index (χ0) is 14.4. The molecule has 2 aromatic rings. The zero-order valence-electron chi connectivity index (χ0n) is 11.9. The summed E-state index contributed by atoms with van der Waals surface area (Å²) in [6.07, 6.45) is 1.08. The lowest BCUT2D eigenvalue weighted by atomic mass is 10.1. The van der Waals surface area contributed by atoms with Crippen LogP contribution >= 0.6 is 0 Å². The van der Waals surface area contributed by atoms with Crippen LogP contribution in [0.5, 0.6) is 5.75 Å². The number of hydrogen-bond acceptors (Lipinski definition) is 4. The SMILES string of the molecule is Cc1ccc(C)c(OCC(O)CNCc2ccco2)c1. The molecule has 0 spiro atoms. The Balaban J connectivity index is 1.71. The minimum Gasteiger partial charge on any atom is -0.491 e. The van der Waals surface area contributed by atoms with Crippen LogP contribution in [-0.2, 0) is 6.54 Å². The van der Waals surface area contributed by atoms with Crippen molar-refractivity contribution in [2.75, 3.05) is 13.2 Å². The van der Waals surface area contributed by atoms with Gasteiger partial charge in [-0.25, -0.2) is 0 Å². The first-order chi connectivity index (χ1) is 9.65. The lowest BCUT2D eigenvalue weighted by molar-refractivity contribution is 0.105. The maximum Gasteiger partial charge on any atom is 0.122 e. The summed E-state index contributed by atoms with van der Waals surface area (Å²) in [6.45, 7) is 5.36. The number of nitrogens with one attached hydrogen (secondary N) is 1. The third-order valence-electron chi connectivity index (χ3n) is 3.03. The number of benzene rings is 1. The molecule has 1 unspecified atom stereocenters. The molecule has 108 valence electrons. The quantitative estimate of drug-likeness (QED) is 0.815. The second-order valence-corrected chi connectivity index (χ2v) is 4.94. The van der Waals surface area contributed by atoms with Crippen molar-refractivity contribution in [2.45, 2.75) is 26.5 Å². The summed E-state index contributed by atoms with van der Waals surface area (Å²) in [7, 11) is 0. The van der Waals surface area contributed by atoms with E-state index in [2.05, 4.69) is 5.32 Å². The Kier molecular flexibility index (Phi) is 5.21. The van der Waals surface area contributed by atoms with E-state index in [1.165, 1.54) is 0 Å². The number of rotatable bonds is 7. The maximum atomic E-state index is 9.88. The van der Waals surface area contributed by atoms with E-state index in [4.69, 9.17) is 9.15 Å². The van der Waals surface area contributed by atoms with Crippen LogP contribution in [0.15, 0.2) is 41.0 Å². The second-order valence-electron chi connectivity index (χ2n) is 4.94. The van der Waals surface area contributed by atoms with E-state index in [1.807, 2.05) is 44.2 Å². The van der Waals surface area contributed by atoms with E-state index < -0.39 is 6.10 Å². The van der Waals surface area contributed by atoms with E-state index in [0.29, 0.717) is 13.1 Å². The highest BCUT2D eigenvalue weighted by Crippen LogP contribution is 2.19. The van der Waals surface area contributed by atoms with Crippen LogP contribution in [0.2, 0.25) is 0 Å². The molecule has 0 aliphatic rings.